The lowest BCUT2D eigenvalue weighted by Gasteiger charge is -2.15. The number of halogens is 1. The van der Waals surface area contributed by atoms with E-state index in [4.69, 9.17) is 4.74 Å². The molecule has 0 aliphatic carbocycles. The lowest BCUT2D eigenvalue weighted by atomic mass is 10.2. The Kier molecular flexibility index (Phi) is 4.20. The van der Waals surface area contributed by atoms with E-state index in [1.807, 2.05) is 0 Å². The predicted octanol–water partition coefficient (Wildman–Crippen LogP) is 3.34. The van der Waals surface area contributed by atoms with E-state index < -0.39 is 0 Å². The van der Waals surface area contributed by atoms with E-state index in [9.17, 15) is 0 Å². The van der Waals surface area contributed by atoms with Gasteiger partial charge in [-0.25, -0.2) is 0 Å². The molecule has 15 heavy (non-hydrogen) atoms. The van der Waals surface area contributed by atoms with E-state index in [-0.39, 0.29) is 0 Å². The van der Waals surface area contributed by atoms with Gasteiger partial charge in [0.15, 0.2) is 0 Å². The van der Waals surface area contributed by atoms with Gasteiger partial charge in [-0.05, 0) is 47.8 Å². The molecule has 0 spiro atoms. The summed E-state index contributed by atoms with van der Waals surface area (Å²) in [5.74, 6) is 0. The van der Waals surface area contributed by atoms with Crippen LogP contribution < -0.4 is 5.32 Å². The summed E-state index contributed by atoms with van der Waals surface area (Å²) in [5.41, 5.74) is 0. The maximum Gasteiger partial charge on any atom is 0.0701 e. The van der Waals surface area contributed by atoms with Crippen LogP contribution in [0.1, 0.15) is 30.7 Å². The number of thiophene rings is 1. The molecule has 1 aliphatic rings. The SMILES string of the molecule is CC(NCC1CCCO1)c1ccc(Br)s1. The standard InChI is InChI=1S/C11H16BrNOS/c1-8(10-4-5-11(12)15-10)13-7-9-3-2-6-14-9/h4-5,8-9,13H,2-3,6-7H2,1H3. The highest BCUT2D eigenvalue weighted by molar-refractivity contribution is 9.11. The van der Waals surface area contributed by atoms with Gasteiger partial charge in [0, 0.05) is 24.1 Å². The number of hydrogen-bond donors (Lipinski definition) is 1. The number of nitrogens with one attached hydrogen (secondary N) is 1. The third-order valence-corrected chi connectivity index (χ3v) is 4.50. The first kappa shape index (κ1) is 11.6. The highest BCUT2D eigenvalue weighted by Gasteiger charge is 2.16. The molecule has 0 saturated carbocycles. The Balaban J connectivity index is 1.79. The smallest absolute Gasteiger partial charge is 0.0701 e. The van der Waals surface area contributed by atoms with Crippen molar-refractivity contribution in [2.75, 3.05) is 13.2 Å². The lowest BCUT2D eigenvalue weighted by molar-refractivity contribution is 0.108. The third kappa shape index (κ3) is 3.28. The van der Waals surface area contributed by atoms with Gasteiger partial charge in [-0.15, -0.1) is 11.3 Å². The number of rotatable bonds is 4. The van der Waals surface area contributed by atoms with Crippen molar-refractivity contribution in [2.45, 2.75) is 31.9 Å². The van der Waals surface area contributed by atoms with Gasteiger partial charge >= 0.3 is 0 Å². The summed E-state index contributed by atoms with van der Waals surface area (Å²) in [6.07, 6.45) is 2.84. The topological polar surface area (TPSA) is 21.3 Å². The van der Waals surface area contributed by atoms with Gasteiger partial charge in [0.25, 0.3) is 0 Å². The summed E-state index contributed by atoms with van der Waals surface area (Å²) in [5, 5.41) is 3.52. The Labute approximate surface area is 103 Å². The molecule has 2 nitrogen and oxygen atoms in total. The van der Waals surface area contributed by atoms with Crippen LogP contribution in [0.25, 0.3) is 0 Å². The zero-order valence-corrected chi connectivity index (χ0v) is 11.2. The Hall–Kier alpha value is 0.1000. The van der Waals surface area contributed by atoms with Crippen molar-refractivity contribution < 1.29 is 4.74 Å². The second-order valence-electron chi connectivity index (χ2n) is 3.91. The van der Waals surface area contributed by atoms with Crippen molar-refractivity contribution in [1.29, 1.82) is 0 Å². The molecule has 1 aromatic heterocycles. The molecule has 0 amide bonds. The van der Waals surface area contributed by atoms with Gasteiger partial charge < -0.3 is 10.1 Å². The van der Waals surface area contributed by atoms with Gasteiger partial charge in [-0.3, -0.25) is 0 Å². The van der Waals surface area contributed by atoms with Crippen molar-refractivity contribution >= 4 is 27.3 Å². The molecular formula is C11H16BrNOS. The van der Waals surface area contributed by atoms with Crippen LogP contribution in [-0.2, 0) is 4.74 Å². The average molecular weight is 290 g/mol. The third-order valence-electron chi connectivity index (χ3n) is 2.70. The van der Waals surface area contributed by atoms with Gasteiger partial charge in [-0.1, -0.05) is 0 Å². The summed E-state index contributed by atoms with van der Waals surface area (Å²) >= 11 is 5.28. The van der Waals surface area contributed by atoms with Crippen molar-refractivity contribution in [2.24, 2.45) is 0 Å². The first-order valence-corrected chi connectivity index (χ1v) is 6.97. The first-order valence-electron chi connectivity index (χ1n) is 5.36. The minimum atomic E-state index is 0.422. The van der Waals surface area contributed by atoms with Crippen LogP contribution in [0, 0.1) is 0 Å². The van der Waals surface area contributed by atoms with Gasteiger partial charge in [0.2, 0.25) is 0 Å². The second kappa shape index (κ2) is 5.43. The quantitative estimate of drug-likeness (QED) is 0.918. The molecule has 1 N–H and O–H groups in total. The Morgan fingerprint density at radius 3 is 3.13 bits per heavy atom. The molecule has 2 unspecified atom stereocenters. The van der Waals surface area contributed by atoms with Crippen LogP contribution in [-0.4, -0.2) is 19.3 Å². The van der Waals surface area contributed by atoms with E-state index in [1.165, 1.54) is 21.5 Å². The monoisotopic (exact) mass is 289 g/mol. The van der Waals surface area contributed by atoms with Gasteiger partial charge in [0.1, 0.15) is 0 Å². The zero-order valence-electron chi connectivity index (χ0n) is 8.83. The minimum Gasteiger partial charge on any atom is -0.377 e. The van der Waals surface area contributed by atoms with Crippen LogP contribution in [0.5, 0.6) is 0 Å². The van der Waals surface area contributed by atoms with Crippen LogP contribution in [0.2, 0.25) is 0 Å². The second-order valence-corrected chi connectivity index (χ2v) is 6.40. The summed E-state index contributed by atoms with van der Waals surface area (Å²) in [4.78, 5) is 1.37. The fraction of sp³-hybridized carbons (Fsp3) is 0.636. The molecule has 2 atom stereocenters. The van der Waals surface area contributed by atoms with Crippen molar-refractivity contribution in [3.05, 3.63) is 20.8 Å². The Morgan fingerprint density at radius 1 is 1.67 bits per heavy atom. The molecule has 2 heterocycles. The minimum absolute atomic E-state index is 0.422. The molecule has 2 rings (SSSR count). The molecule has 0 radical (unpaired) electrons. The van der Waals surface area contributed by atoms with E-state index in [1.54, 1.807) is 11.3 Å². The van der Waals surface area contributed by atoms with Gasteiger partial charge in [0.05, 0.1) is 9.89 Å². The normalized spacial score (nSPS) is 23.2. The molecule has 0 aromatic carbocycles. The fourth-order valence-electron chi connectivity index (χ4n) is 1.78. The highest BCUT2D eigenvalue weighted by Crippen LogP contribution is 2.27. The maximum absolute atomic E-state index is 5.58. The van der Waals surface area contributed by atoms with E-state index >= 15 is 0 Å². The van der Waals surface area contributed by atoms with E-state index in [0.717, 1.165) is 13.2 Å². The molecule has 1 aliphatic heterocycles. The highest BCUT2D eigenvalue weighted by atomic mass is 79.9. The molecular weight excluding hydrogens is 274 g/mol. The van der Waals surface area contributed by atoms with Crippen LogP contribution in [0.15, 0.2) is 15.9 Å². The molecule has 0 bridgehead atoms. The summed E-state index contributed by atoms with van der Waals surface area (Å²) in [6.45, 7) is 4.11. The molecule has 1 saturated heterocycles. The molecule has 1 aromatic rings. The Bertz CT molecular complexity index is 309. The summed E-state index contributed by atoms with van der Waals surface area (Å²) in [6, 6.07) is 4.69. The Morgan fingerprint density at radius 2 is 2.53 bits per heavy atom. The van der Waals surface area contributed by atoms with E-state index in [2.05, 4.69) is 40.3 Å². The number of ether oxygens (including phenoxy) is 1. The summed E-state index contributed by atoms with van der Waals surface area (Å²) in [7, 11) is 0. The lowest BCUT2D eigenvalue weighted by Crippen LogP contribution is -2.28. The maximum atomic E-state index is 5.58. The van der Waals surface area contributed by atoms with Crippen molar-refractivity contribution in [3.8, 4) is 0 Å². The van der Waals surface area contributed by atoms with Gasteiger partial charge in [-0.2, -0.15) is 0 Å². The van der Waals surface area contributed by atoms with Crippen molar-refractivity contribution in [3.63, 3.8) is 0 Å². The molecule has 1 fully saturated rings. The van der Waals surface area contributed by atoms with Crippen LogP contribution in [0.3, 0.4) is 0 Å². The fourth-order valence-corrected chi connectivity index (χ4v) is 3.23. The van der Waals surface area contributed by atoms with E-state index in [0.29, 0.717) is 12.1 Å². The predicted molar refractivity (Wildman–Crippen MR) is 67.4 cm³/mol. The van der Waals surface area contributed by atoms with Crippen molar-refractivity contribution in [1.82, 2.24) is 5.32 Å². The van der Waals surface area contributed by atoms with Crippen LogP contribution in [0.4, 0.5) is 0 Å². The number of hydrogen-bond acceptors (Lipinski definition) is 3. The van der Waals surface area contributed by atoms with Crippen LogP contribution >= 0.6 is 27.3 Å². The first-order chi connectivity index (χ1) is 7.25. The molecule has 4 heteroatoms. The molecule has 84 valence electrons. The largest absolute Gasteiger partial charge is 0.377 e. The summed E-state index contributed by atoms with van der Waals surface area (Å²) < 4.78 is 6.77. The average Bonchev–Trinajstić information content (AvgIpc) is 2.84. The zero-order chi connectivity index (χ0) is 10.7.